The highest BCUT2D eigenvalue weighted by atomic mass is 16.4. The maximum absolute atomic E-state index is 12.1. The van der Waals surface area contributed by atoms with Gasteiger partial charge in [-0.25, -0.2) is 9.78 Å². The number of nitrogens with one attached hydrogen (secondary N) is 2. The van der Waals surface area contributed by atoms with Crippen LogP contribution in [0.5, 0.6) is 0 Å². The van der Waals surface area contributed by atoms with Crippen molar-refractivity contribution < 1.29 is 19.1 Å². The SMILES string of the molecule is Cc1coc(CC(=O)Nc2cc(C3CCC(N(C(=O)O)C4(C)CC4)C3)[nH]n2)n1. The number of oxazole rings is 1. The van der Waals surface area contributed by atoms with Crippen molar-refractivity contribution in [3.8, 4) is 0 Å². The Hall–Kier alpha value is -2.84. The molecule has 0 spiro atoms. The number of aromatic nitrogens is 3. The maximum Gasteiger partial charge on any atom is 0.408 e. The van der Waals surface area contributed by atoms with Gasteiger partial charge in [0.2, 0.25) is 11.8 Å². The van der Waals surface area contributed by atoms with Gasteiger partial charge in [-0.2, -0.15) is 5.10 Å². The van der Waals surface area contributed by atoms with E-state index in [0.29, 0.717) is 11.7 Å². The van der Waals surface area contributed by atoms with E-state index in [0.717, 1.165) is 43.5 Å². The summed E-state index contributed by atoms with van der Waals surface area (Å²) in [4.78, 5) is 29.6. The number of carboxylic acid groups (broad SMARTS) is 1. The molecule has 0 aliphatic heterocycles. The highest BCUT2D eigenvalue weighted by Gasteiger charge is 2.50. The minimum Gasteiger partial charge on any atom is -0.465 e. The summed E-state index contributed by atoms with van der Waals surface area (Å²) in [5.74, 6) is 0.785. The molecular formula is C19H25N5O4. The third kappa shape index (κ3) is 3.74. The Morgan fingerprint density at radius 1 is 1.43 bits per heavy atom. The van der Waals surface area contributed by atoms with Gasteiger partial charge in [-0.1, -0.05) is 0 Å². The van der Waals surface area contributed by atoms with Gasteiger partial charge in [0.25, 0.3) is 0 Å². The standard InChI is InChI=1S/C19H25N5O4/c1-11-10-28-17(20-11)9-16(25)21-15-8-14(22-23-15)12-3-4-13(7-12)24(18(26)27)19(2)5-6-19/h8,10,12-13H,3-7,9H2,1-2H3,(H,26,27)(H2,21,22,23,25). The van der Waals surface area contributed by atoms with E-state index in [1.54, 1.807) is 11.8 Å². The molecule has 9 nitrogen and oxygen atoms in total. The summed E-state index contributed by atoms with van der Waals surface area (Å²) in [6.07, 6.45) is 5.11. The molecule has 2 unspecified atom stereocenters. The Balaban J connectivity index is 1.35. The maximum atomic E-state index is 12.1. The van der Waals surface area contributed by atoms with Gasteiger partial charge >= 0.3 is 6.09 Å². The summed E-state index contributed by atoms with van der Waals surface area (Å²) in [5, 5.41) is 19.6. The Morgan fingerprint density at radius 2 is 2.21 bits per heavy atom. The van der Waals surface area contributed by atoms with Crippen LogP contribution in [0.25, 0.3) is 0 Å². The van der Waals surface area contributed by atoms with Gasteiger partial charge in [0.05, 0.1) is 5.69 Å². The summed E-state index contributed by atoms with van der Waals surface area (Å²) in [6.45, 7) is 3.82. The quantitative estimate of drug-likeness (QED) is 0.700. The number of anilines is 1. The minimum atomic E-state index is -0.829. The lowest BCUT2D eigenvalue weighted by Gasteiger charge is -2.32. The second-order valence-corrected chi connectivity index (χ2v) is 8.13. The number of H-pyrrole nitrogens is 1. The molecule has 28 heavy (non-hydrogen) atoms. The van der Waals surface area contributed by atoms with Gasteiger partial charge < -0.3 is 14.8 Å². The average Bonchev–Trinajstić information content (AvgIpc) is 3.03. The number of carbonyl (C=O) groups excluding carboxylic acids is 1. The molecule has 2 fully saturated rings. The fourth-order valence-corrected chi connectivity index (χ4v) is 4.14. The van der Waals surface area contributed by atoms with E-state index in [1.165, 1.54) is 6.26 Å². The van der Waals surface area contributed by atoms with Crippen molar-refractivity contribution in [1.82, 2.24) is 20.1 Å². The first-order valence-corrected chi connectivity index (χ1v) is 9.62. The van der Waals surface area contributed by atoms with Crippen LogP contribution in [0, 0.1) is 6.92 Å². The first-order chi connectivity index (χ1) is 13.3. The summed E-state index contributed by atoms with van der Waals surface area (Å²) in [5.41, 5.74) is 1.46. The van der Waals surface area contributed by atoms with E-state index in [4.69, 9.17) is 4.42 Å². The number of carbonyl (C=O) groups is 2. The van der Waals surface area contributed by atoms with Crippen LogP contribution in [0.1, 0.15) is 62.2 Å². The second-order valence-electron chi connectivity index (χ2n) is 8.13. The summed E-state index contributed by atoms with van der Waals surface area (Å²) in [7, 11) is 0. The van der Waals surface area contributed by atoms with Crippen LogP contribution in [0.4, 0.5) is 10.6 Å². The van der Waals surface area contributed by atoms with Crippen LogP contribution in [0.15, 0.2) is 16.7 Å². The van der Waals surface area contributed by atoms with Crippen LogP contribution in [0.3, 0.4) is 0 Å². The molecule has 150 valence electrons. The zero-order valence-corrected chi connectivity index (χ0v) is 16.1. The van der Waals surface area contributed by atoms with Crippen molar-refractivity contribution in [3.63, 3.8) is 0 Å². The van der Waals surface area contributed by atoms with Gasteiger partial charge in [0.15, 0.2) is 5.82 Å². The number of hydrogen-bond acceptors (Lipinski definition) is 5. The van der Waals surface area contributed by atoms with E-state index in [9.17, 15) is 14.7 Å². The van der Waals surface area contributed by atoms with Crippen molar-refractivity contribution in [1.29, 1.82) is 0 Å². The molecule has 0 aromatic carbocycles. The fourth-order valence-electron chi connectivity index (χ4n) is 4.14. The molecule has 2 aromatic rings. The van der Waals surface area contributed by atoms with Crippen molar-refractivity contribution in [3.05, 3.63) is 29.6 Å². The summed E-state index contributed by atoms with van der Waals surface area (Å²) in [6, 6.07) is 1.86. The number of rotatable bonds is 6. The number of aryl methyl sites for hydroxylation is 1. The molecule has 2 amide bonds. The Labute approximate surface area is 162 Å². The smallest absolute Gasteiger partial charge is 0.408 e. The van der Waals surface area contributed by atoms with Crippen molar-refractivity contribution in [2.45, 2.75) is 69.9 Å². The normalized spacial score (nSPS) is 22.8. The first-order valence-electron chi connectivity index (χ1n) is 9.62. The van der Waals surface area contributed by atoms with Crippen LogP contribution in [-0.4, -0.2) is 48.8 Å². The lowest BCUT2D eigenvalue weighted by molar-refractivity contribution is -0.115. The Kier molecular flexibility index (Phi) is 4.60. The average molecular weight is 387 g/mol. The summed E-state index contributed by atoms with van der Waals surface area (Å²) < 4.78 is 5.19. The summed E-state index contributed by atoms with van der Waals surface area (Å²) >= 11 is 0. The molecule has 2 aliphatic carbocycles. The van der Waals surface area contributed by atoms with Crippen molar-refractivity contribution >= 4 is 17.8 Å². The molecule has 2 saturated carbocycles. The number of amides is 2. The van der Waals surface area contributed by atoms with Crippen LogP contribution >= 0.6 is 0 Å². The number of hydrogen-bond donors (Lipinski definition) is 3. The molecule has 2 aliphatic rings. The minimum absolute atomic E-state index is 0.0320. The highest BCUT2D eigenvalue weighted by molar-refractivity contribution is 5.90. The topological polar surface area (TPSA) is 124 Å². The lowest BCUT2D eigenvalue weighted by Crippen LogP contribution is -2.45. The predicted octanol–water partition coefficient (Wildman–Crippen LogP) is 3.06. The number of nitrogens with zero attached hydrogens (tertiary/aromatic N) is 3. The molecule has 4 rings (SSSR count). The number of aromatic amines is 1. The van der Waals surface area contributed by atoms with Gasteiger partial charge in [-0.15, -0.1) is 0 Å². The van der Waals surface area contributed by atoms with Gasteiger partial charge in [0, 0.05) is 29.3 Å². The molecule has 2 atom stereocenters. The Morgan fingerprint density at radius 3 is 2.86 bits per heavy atom. The largest absolute Gasteiger partial charge is 0.465 e. The molecule has 9 heteroatoms. The zero-order valence-electron chi connectivity index (χ0n) is 16.1. The van der Waals surface area contributed by atoms with Crippen molar-refractivity contribution in [2.75, 3.05) is 5.32 Å². The van der Waals surface area contributed by atoms with Gasteiger partial charge in [-0.05, 0) is 46.0 Å². The van der Waals surface area contributed by atoms with E-state index in [-0.39, 0.29) is 29.8 Å². The molecule has 0 bridgehead atoms. The second kappa shape index (κ2) is 6.96. The van der Waals surface area contributed by atoms with Crippen LogP contribution in [-0.2, 0) is 11.2 Å². The van der Waals surface area contributed by atoms with E-state index in [2.05, 4.69) is 20.5 Å². The van der Waals surface area contributed by atoms with Crippen LogP contribution in [0.2, 0.25) is 0 Å². The third-order valence-electron chi connectivity index (χ3n) is 5.81. The molecule has 0 saturated heterocycles. The van der Waals surface area contributed by atoms with E-state index in [1.807, 2.05) is 13.0 Å². The zero-order chi connectivity index (χ0) is 19.9. The van der Waals surface area contributed by atoms with Gasteiger partial charge in [0.1, 0.15) is 12.7 Å². The van der Waals surface area contributed by atoms with E-state index >= 15 is 0 Å². The highest BCUT2D eigenvalue weighted by Crippen LogP contribution is 2.47. The molecule has 0 radical (unpaired) electrons. The first kappa shape index (κ1) is 18.5. The Bertz CT molecular complexity index is 885. The molecular weight excluding hydrogens is 362 g/mol. The molecule has 2 aromatic heterocycles. The van der Waals surface area contributed by atoms with Gasteiger partial charge in [-0.3, -0.25) is 14.8 Å². The predicted molar refractivity (Wildman–Crippen MR) is 100 cm³/mol. The molecule has 3 N–H and O–H groups in total. The van der Waals surface area contributed by atoms with E-state index < -0.39 is 6.09 Å². The van der Waals surface area contributed by atoms with Crippen LogP contribution < -0.4 is 5.32 Å². The molecule has 2 heterocycles. The van der Waals surface area contributed by atoms with Crippen molar-refractivity contribution in [2.24, 2.45) is 0 Å². The third-order valence-corrected chi connectivity index (χ3v) is 5.81. The fraction of sp³-hybridized carbons (Fsp3) is 0.579. The lowest BCUT2D eigenvalue weighted by atomic mass is 10.0. The monoisotopic (exact) mass is 387 g/mol.